The number of likely N-dealkylation sites (tertiary alicyclic amines) is 2. The zero-order valence-electron chi connectivity index (χ0n) is 36.4. The fraction of sp³-hybridized carbons (Fsp3) is 0.478. The third-order valence-corrected chi connectivity index (χ3v) is 12.6. The fourth-order valence-corrected chi connectivity index (χ4v) is 9.50. The van der Waals surface area contributed by atoms with Crippen LogP contribution in [0.3, 0.4) is 0 Å². The van der Waals surface area contributed by atoms with Crippen molar-refractivity contribution in [2.45, 2.75) is 96.6 Å². The largest absolute Gasteiger partial charge is 0.488 e. The van der Waals surface area contributed by atoms with Crippen LogP contribution in [0.2, 0.25) is 0 Å². The van der Waals surface area contributed by atoms with Gasteiger partial charge in [0.1, 0.15) is 36.1 Å². The van der Waals surface area contributed by atoms with E-state index in [0.717, 1.165) is 68.3 Å². The van der Waals surface area contributed by atoms with E-state index in [2.05, 4.69) is 57.0 Å². The lowest BCUT2D eigenvalue weighted by molar-refractivity contribution is -0.137. The molecule has 0 aliphatic carbocycles. The number of nitrogens with zero attached hydrogens (tertiary/aromatic N) is 4. The summed E-state index contributed by atoms with van der Waals surface area (Å²) in [4.78, 5) is 72.8. The Morgan fingerprint density at radius 3 is 2.45 bits per heavy atom. The van der Waals surface area contributed by atoms with E-state index in [1.807, 2.05) is 43.6 Å². The Labute approximate surface area is 360 Å². The maximum Gasteiger partial charge on any atom is 0.407 e. The summed E-state index contributed by atoms with van der Waals surface area (Å²) in [7, 11) is 4.24. The number of imidazole rings is 2. The molecule has 5 aromatic rings. The molecule has 4 N–H and O–H groups in total. The van der Waals surface area contributed by atoms with Crippen molar-refractivity contribution in [1.29, 1.82) is 0 Å². The van der Waals surface area contributed by atoms with Gasteiger partial charge in [-0.2, -0.15) is 0 Å². The lowest BCUT2D eigenvalue weighted by Gasteiger charge is -2.32. The summed E-state index contributed by atoms with van der Waals surface area (Å²) in [5.41, 5.74) is 6.52. The van der Waals surface area contributed by atoms with E-state index in [1.165, 1.54) is 14.2 Å². The van der Waals surface area contributed by atoms with Gasteiger partial charge in [-0.25, -0.2) is 19.6 Å². The molecule has 328 valence electrons. The van der Waals surface area contributed by atoms with Crippen LogP contribution in [-0.2, 0) is 30.4 Å². The summed E-state index contributed by atoms with van der Waals surface area (Å²) in [5, 5.41) is 7.41. The molecule has 0 bridgehead atoms. The molecule has 0 spiro atoms. The van der Waals surface area contributed by atoms with E-state index in [1.54, 1.807) is 13.3 Å². The van der Waals surface area contributed by atoms with E-state index >= 15 is 0 Å². The highest BCUT2D eigenvalue weighted by Gasteiger charge is 2.42. The summed E-state index contributed by atoms with van der Waals surface area (Å²) < 4.78 is 21.6. The molecule has 2 aromatic heterocycles. The third-order valence-electron chi connectivity index (χ3n) is 12.6. The first-order chi connectivity index (χ1) is 29.9. The molecule has 6 atom stereocenters. The van der Waals surface area contributed by atoms with Crippen molar-refractivity contribution in [2.24, 2.45) is 11.8 Å². The Morgan fingerprint density at radius 2 is 1.71 bits per heavy atom. The fourth-order valence-electron chi connectivity index (χ4n) is 9.50. The summed E-state index contributed by atoms with van der Waals surface area (Å²) in [6, 6.07) is 12.6. The van der Waals surface area contributed by atoms with Gasteiger partial charge in [-0.1, -0.05) is 45.4 Å². The molecular weight excluding hydrogens is 793 g/mol. The standard InChI is InChI=1S/C46H56N8O8/c1-8-9-34(50-45(57)60-6)43(55)53-21-26(22-59-5)16-37(53)41-47-20-35(49-41)28-11-13-30-29(17-28)23-62-38-19-31-27(18-32(30)38)12-14-33-40(31)51-42(48-33)36-15-10-25(4)54(36)44(56)39(24(2)3)52-46(58)61-7/h11-14,17-20,24-26,34,36-37,39H,8-10,15-16,21-23H2,1-7H3,(H,47,49)(H,48,51)(H,50,57)(H,52,58). The molecule has 2 fully saturated rings. The number of hydrogen-bond donors (Lipinski definition) is 4. The first kappa shape index (κ1) is 42.5. The molecule has 6 unspecified atom stereocenters. The van der Waals surface area contributed by atoms with Gasteiger partial charge in [0, 0.05) is 36.6 Å². The highest BCUT2D eigenvalue weighted by atomic mass is 16.5. The van der Waals surface area contributed by atoms with Crippen LogP contribution in [0.5, 0.6) is 5.75 Å². The van der Waals surface area contributed by atoms with Gasteiger partial charge in [0.25, 0.3) is 0 Å². The summed E-state index contributed by atoms with van der Waals surface area (Å²) in [5.74, 6) is 1.80. The van der Waals surface area contributed by atoms with Gasteiger partial charge in [0.15, 0.2) is 0 Å². The number of alkyl carbamates (subject to hydrolysis) is 2. The zero-order chi connectivity index (χ0) is 43.8. The van der Waals surface area contributed by atoms with Gasteiger partial charge >= 0.3 is 12.2 Å². The molecule has 3 aliphatic heterocycles. The number of aromatic amines is 2. The lowest BCUT2D eigenvalue weighted by atomic mass is 9.92. The maximum absolute atomic E-state index is 14.0. The molecule has 0 radical (unpaired) electrons. The Bertz CT molecular complexity index is 2500. The number of benzene rings is 3. The SMILES string of the molecule is CCCC(NC(=O)OC)C(=O)N1CC(COC)CC1c1ncc(-c2ccc3c(c2)COc2cc4c(ccc5[nH]c(C6CCC(C)N6C(=O)C(NC(=O)OC)C(C)C)nc54)cc2-3)[nH]1. The number of aromatic nitrogens is 4. The first-order valence-electron chi connectivity index (χ1n) is 21.5. The molecule has 3 aromatic carbocycles. The van der Waals surface area contributed by atoms with E-state index in [9.17, 15) is 19.2 Å². The number of rotatable bonds is 12. The molecule has 8 rings (SSSR count). The van der Waals surface area contributed by atoms with Gasteiger partial charge in [0.05, 0.1) is 55.8 Å². The number of ether oxygens (including phenoxy) is 4. The van der Waals surface area contributed by atoms with Crippen LogP contribution in [0.4, 0.5) is 9.59 Å². The number of amides is 4. The molecular formula is C46H56N8O8. The molecule has 16 nitrogen and oxygen atoms in total. The normalized spacial score (nSPS) is 20.5. The van der Waals surface area contributed by atoms with E-state index in [4.69, 9.17) is 28.9 Å². The van der Waals surface area contributed by atoms with Crippen molar-refractivity contribution in [3.05, 3.63) is 65.9 Å². The maximum atomic E-state index is 14.0. The predicted octanol–water partition coefficient (Wildman–Crippen LogP) is 7.16. The average molecular weight is 849 g/mol. The molecule has 16 heteroatoms. The summed E-state index contributed by atoms with van der Waals surface area (Å²) >= 11 is 0. The van der Waals surface area contributed by atoms with E-state index < -0.39 is 24.3 Å². The molecule has 3 aliphatic rings. The minimum absolute atomic E-state index is 0.0294. The van der Waals surface area contributed by atoms with Crippen LogP contribution >= 0.6 is 0 Å². The summed E-state index contributed by atoms with van der Waals surface area (Å²) in [6.07, 6.45) is 3.96. The van der Waals surface area contributed by atoms with Crippen LogP contribution < -0.4 is 15.4 Å². The van der Waals surface area contributed by atoms with Gasteiger partial charge < -0.3 is 49.3 Å². The van der Waals surface area contributed by atoms with Crippen molar-refractivity contribution >= 4 is 45.8 Å². The Balaban J connectivity index is 1.05. The van der Waals surface area contributed by atoms with Crippen molar-refractivity contribution in [1.82, 2.24) is 40.4 Å². The lowest BCUT2D eigenvalue weighted by Crippen LogP contribution is -2.52. The van der Waals surface area contributed by atoms with Crippen LogP contribution in [0, 0.1) is 11.8 Å². The summed E-state index contributed by atoms with van der Waals surface area (Å²) in [6.45, 7) is 9.18. The third kappa shape index (κ3) is 8.03. The van der Waals surface area contributed by atoms with Crippen LogP contribution in [0.15, 0.2) is 48.7 Å². The van der Waals surface area contributed by atoms with Crippen molar-refractivity contribution in [2.75, 3.05) is 34.5 Å². The highest BCUT2D eigenvalue weighted by molar-refractivity contribution is 6.07. The minimum Gasteiger partial charge on any atom is -0.488 e. The van der Waals surface area contributed by atoms with Crippen molar-refractivity contribution < 1.29 is 38.1 Å². The average Bonchev–Trinajstić information content (AvgIpc) is 4.10. The highest BCUT2D eigenvalue weighted by Crippen LogP contribution is 2.44. The smallest absolute Gasteiger partial charge is 0.407 e. The van der Waals surface area contributed by atoms with Crippen LogP contribution in [0.25, 0.3) is 44.2 Å². The topological polar surface area (TPSA) is 193 Å². The number of carbonyl (C=O) groups excluding carboxylic acids is 4. The number of nitrogens with one attached hydrogen (secondary N) is 4. The number of methoxy groups -OCH3 is 3. The van der Waals surface area contributed by atoms with Gasteiger partial charge in [-0.05, 0) is 84.9 Å². The Hall–Kier alpha value is -6.16. The molecule has 2 saturated heterocycles. The zero-order valence-corrected chi connectivity index (χ0v) is 36.4. The Kier molecular flexibility index (Phi) is 12.1. The second kappa shape index (κ2) is 17.7. The number of carbonyl (C=O) groups is 4. The Morgan fingerprint density at radius 1 is 0.919 bits per heavy atom. The van der Waals surface area contributed by atoms with Crippen LogP contribution in [0.1, 0.15) is 89.1 Å². The molecule has 0 saturated carbocycles. The van der Waals surface area contributed by atoms with Gasteiger partial charge in [-0.15, -0.1) is 0 Å². The quantitative estimate of drug-likeness (QED) is 0.100. The van der Waals surface area contributed by atoms with E-state index in [-0.39, 0.29) is 41.8 Å². The predicted molar refractivity (Wildman–Crippen MR) is 232 cm³/mol. The first-order valence-corrected chi connectivity index (χ1v) is 21.5. The van der Waals surface area contributed by atoms with E-state index in [0.29, 0.717) is 50.7 Å². The number of H-pyrrole nitrogens is 2. The monoisotopic (exact) mass is 848 g/mol. The van der Waals surface area contributed by atoms with Crippen LogP contribution in [-0.4, -0.2) is 106 Å². The van der Waals surface area contributed by atoms with Gasteiger partial charge in [0.2, 0.25) is 11.8 Å². The second-order valence-electron chi connectivity index (χ2n) is 17.1. The minimum atomic E-state index is -0.729. The number of fused-ring (bicyclic) bond motifs is 6. The second-order valence-corrected chi connectivity index (χ2v) is 17.1. The van der Waals surface area contributed by atoms with Crippen molar-refractivity contribution in [3.63, 3.8) is 0 Å². The molecule has 5 heterocycles. The van der Waals surface area contributed by atoms with Gasteiger partial charge in [-0.3, -0.25) is 9.59 Å². The molecule has 62 heavy (non-hydrogen) atoms. The van der Waals surface area contributed by atoms with Crippen molar-refractivity contribution in [3.8, 4) is 28.1 Å². The number of hydrogen-bond acceptors (Lipinski definition) is 10. The molecule has 4 amide bonds.